The molecule has 1 saturated heterocycles. The Kier molecular flexibility index (Phi) is 8.94. The number of carbonyl (C=O) groups is 1. The van der Waals surface area contributed by atoms with Crippen LogP contribution in [0.15, 0.2) is 70.6 Å². The van der Waals surface area contributed by atoms with Crippen LogP contribution in [-0.4, -0.2) is 66.5 Å². The molecule has 4 rings (SSSR count). The predicted octanol–water partition coefficient (Wildman–Crippen LogP) is 5.54. The Morgan fingerprint density at radius 3 is 2.40 bits per heavy atom. The Hall–Kier alpha value is -2.53. The van der Waals surface area contributed by atoms with E-state index in [-0.39, 0.29) is 56.2 Å². The highest BCUT2D eigenvalue weighted by molar-refractivity contribution is 7.89. The molecule has 0 aromatic heterocycles. The van der Waals surface area contributed by atoms with Crippen molar-refractivity contribution in [1.82, 2.24) is 14.5 Å². The van der Waals surface area contributed by atoms with Crippen molar-refractivity contribution in [2.75, 3.05) is 19.6 Å². The molecule has 1 N–H and O–H groups in total. The molecule has 0 spiro atoms. The van der Waals surface area contributed by atoms with E-state index in [4.69, 9.17) is 23.2 Å². The summed E-state index contributed by atoms with van der Waals surface area (Å²) in [6.07, 6.45) is -0.507. The van der Waals surface area contributed by atoms with Gasteiger partial charge in [-0.1, -0.05) is 54.0 Å². The molecule has 2 aliphatic rings. The second kappa shape index (κ2) is 11.8. The summed E-state index contributed by atoms with van der Waals surface area (Å²) in [5.74, 6) is -2.67. The van der Waals surface area contributed by atoms with Crippen LogP contribution in [0.2, 0.25) is 10.0 Å². The molecule has 12 heteroatoms. The van der Waals surface area contributed by atoms with Gasteiger partial charge in [0.25, 0.3) is 5.92 Å². The monoisotopic (exact) mass is 612 g/mol. The smallest absolute Gasteiger partial charge is 0.251 e. The number of amides is 1. The van der Waals surface area contributed by atoms with E-state index in [1.807, 2.05) is 13.8 Å². The maximum absolute atomic E-state index is 13.6. The Balaban J connectivity index is 1.51. The molecule has 1 atom stereocenters. The Morgan fingerprint density at radius 2 is 1.77 bits per heavy atom. The van der Waals surface area contributed by atoms with Gasteiger partial charge in [-0.2, -0.15) is 4.31 Å². The highest BCUT2D eigenvalue weighted by Gasteiger charge is 2.45. The lowest BCUT2D eigenvalue weighted by atomic mass is 9.94. The average molecular weight is 614 g/mol. The van der Waals surface area contributed by atoms with Gasteiger partial charge >= 0.3 is 0 Å². The first-order valence-corrected chi connectivity index (χ1v) is 15.1. The van der Waals surface area contributed by atoms with E-state index in [9.17, 15) is 22.0 Å². The van der Waals surface area contributed by atoms with Gasteiger partial charge in [-0.25, -0.2) is 17.2 Å². The topological polar surface area (TPSA) is 82.1 Å². The van der Waals surface area contributed by atoms with Crippen molar-refractivity contribution in [1.29, 1.82) is 0 Å². The van der Waals surface area contributed by atoms with E-state index in [0.717, 1.165) is 0 Å². The molecule has 0 bridgehead atoms. The molecule has 0 aliphatic carbocycles. The van der Waals surface area contributed by atoms with E-state index in [2.05, 4.69) is 16.9 Å². The number of hydrogen-bond acceptors (Lipinski definition) is 5. The van der Waals surface area contributed by atoms with Crippen molar-refractivity contribution in [3.05, 3.63) is 76.3 Å². The maximum atomic E-state index is 13.6. The lowest BCUT2D eigenvalue weighted by Crippen LogP contribution is -2.54. The van der Waals surface area contributed by atoms with Crippen LogP contribution in [0.5, 0.6) is 0 Å². The Morgan fingerprint density at radius 1 is 1.12 bits per heavy atom. The first-order chi connectivity index (χ1) is 18.7. The van der Waals surface area contributed by atoms with Gasteiger partial charge in [0.1, 0.15) is 5.84 Å². The summed E-state index contributed by atoms with van der Waals surface area (Å²) >= 11 is 12.2. The molecule has 2 aromatic carbocycles. The minimum Gasteiger partial charge on any atom is -0.363 e. The maximum Gasteiger partial charge on any atom is 0.251 e. The quantitative estimate of drug-likeness (QED) is 0.403. The number of sulfonamides is 1. The van der Waals surface area contributed by atoms with Gasteiger partial charge in [-0.3, -0.25) is 9.79 Å². The molecule has 1 fully saturated rings. The van der Waals surface area contributed by atoms with Gasteiger partial charge in [0.2, 0.25) is 15.9 Å². The molecular weight excluding hydrogens is 581 g/mol. The third kappa shape index (κ3) is 6.84. The van der Waals surface area contributed by atoms with Crippen LogP contribution >= 0.6 is 23.2 Å². The van der Waals surface area contributed by atoms with Gasteiger partial charge in [0.05, 0.1) is 20.5 Å². The molecule has 0 saturated carbocycles. The van der Waals surface area contributed by atoms with Crippen LogP contribution in [-0.2, 0) is 21.4 Å². The number of hydrogen-bond donors (Lipinski definition) is 1. The summed E-state index contributed by atoms with van der Waals surface area (Å²) in [5.41, 5.74) is 0.413. The summed E-state index contributed by atoms with van der Waals surface area (Å²) in [7, 11) is -3.88. The molecule has 216 valence electrons. The van der Waals surface area contributed by atoms with E-state index in [1.54, 1.807) is 36.4 Å². The van der Waals surface area contributed by atoms with Gasteiger partial charge in [0, 0.05) is 39.0 Å². The summed E-state index contributed by atoms with van der Waals surface area (Å²) in [6.45, 7) is 7.82. The number of aliphatic imine (C=N–C) groups is 1. The van der Waals surface area contributed by atoms with Crippen molar-refractivity contribution in [2.45, 2.75) is 62.1 Å². The van der Waals surface area contributed by atoms with Crippen molar-refractivity contribution in [3.8, 4) is 0 Å². The van der Waals surface area contributed by atoms with Gasteiger partial charge in [-0.05, 0) is 55.7 Å². The fraction of sp³-hybridized carbons (Fsp3) is 0.429. The van der Waals surface area contributed by atoms with Crippen molar-refractivity contribution < 1.29 is 22.0 Å². The van der Waals surface area contributed by atoms with E-state index >= 15 is 0 Å². The number of benzene rings is 2. The first kappa shape index (κ1) is 30.4. The fourth-order valence-corrected chi connectivity index (χ4v) is 6.48. The lowest BCUT2D eigenvalue weighted by molar-refractivity contribution is -0.139. The van der Waals surface area contributed by atoms with Crippen molar-refractivity contribution >= 4 is 45.0 Å². The SMILES string of the molecule is C=C(CCN(Cc1ccc(Cl)c(Cl)c1)S(=O)(=O)c1ccccc1)C1=N[C@@H](C(=O)N2CCC(F)(F)CC2)C(C)(C)N1. The summed E-state index contributed by atoms with van der Waals surface area (Å²) in [4.78, 5) is 19.4. The molecule has 2 aromatic rings. The van der Waals surface area contributed by atoms with Gasteiger partial charge in [0.15, 0.2) is 6.04 Å². The minimum atomic E-state index is -3.88. The zero-order valence-corrected chi connectivity index (χ0v) is 24.7. The molecule has 1 amide bonds. The second-order valence-electron chi connectivity index (χ2n) is 10.7. The van der Waals surface area contributed by atoms with Crippen LogP contribution in [0.1, 0.15) is 38.7 Å². The summed E-state index contributed by atoms with van der Waals surface area (Å²) < 4.78 is 55.7. The molecular formula is C28H32Cl2F2N4O3S. The number of carbonyl (C=O) groups excluding carboxylic acids is 1. The number of halogens is 4. The Bertz CT molecular complexity index is 1410. The zero-order valence-electron chi connectivity index (χ0n) is 22.3. The van der Waals surface area contributed by atoms with Crippen LogP contribution in [0.3, 0.4) is 0 Å². The van der Waals surface area contributed by atoms with Crippen LogP contribution < -0.4 is 5.32 Å². The normalized spacial score (nSPS) is 20.2. The number of piperidine rings is 1. The zero-order chi connectivity index (χ0) is 29.3. The van der Waals surface area contributed by atoms with Crippen LogP contribution in [0.25, 0.3) is 0 Å². The molecule has 40 heavy (non-hydrogen) atoms. The molecule has 0 unspecified atom stereocenters. The van der Waals surface area contributed by atoms with Crippen molar-refractivity contribution in [2.24, 2.45) is 4.99 Å². The number of alkyl halides is 2. The Labute approximate surface area is 243 Å². The number of nitrogens with one attached hydrogen (secondary N) is 1. The molecule has 2 aliphatic heterocycles. The highest BCUT2D eigenvalue weighted by Crippen LogP contribution is 2.31. The van der Waals surface area contributed by atoms with E-state index < -0.39 is 27.5 Å². The minimum absolute atomic E-state index is 0.0226. The molecule has 0 radical (unpaired) electrons. The van der Waals surface area contributed by atoms with Crippen LogP contribution in [0, 0.1) is 0 Å². The first-order valence-electron chi connectivity index (χ1n) is 12.9. The second-order valence-corrected chi connectivity index (χ2v) is 13.4. The lowest BCUT2D eigenvalue weighted by Gasteiger charge is -2.35. The standard InChI is InChI=1S/C28H32Cl2F2N4O3S/c1-19(25-33-24(27(2,3)34-25)26(37)35-15-12-28(31,32)13-16-35)11-14-36(18-20-9-10-22(29)23(30)17-20)40(38,39)21-7-5-4-6-8-21/h4-10,17,24H,1,11-16,18H2,2-3H3,(H,33,34)/t24-/m0/s1. The highest BCUT2D eigenvalue weighted by atomic mass is 35.5. The van der Waals surface area contributed by atoms with Gasteiger partial charge in [-0.15, -0.1) is 0 Å². The number of nitrogens with zero attached hydrogens (tertiary/aromatic N) is 3. The average Bonchev–Trinajstić information content (AvgIpc) is 3.23. The fourth-order valence-electron chi connectivity index (χ4n) is 4.71. The van der Waals surface area contributed by atoms with Gasteiger partial charge < -0.3 is 10.2 Å². The molecule has 7 nitrogen and oxygen atoms in total. The summed E-state index contributed by atoms with van der Waals surface area (Å²) in [5, 5.41) is 3.92. The number of rotatable bonds is 9. The predicted molar refractivity (Wildman–Crippen MR) is 153 cm³/mol. The largest absolute Gasteiger partial charge is 0.363 e. The van der Waals surface area contributed by atoms with E-state index in [1.165, 1.54) is 21.3 Å². The number of amidine groups is 1. The molecule has 2 heterocycles. The van der Waals surface area contributed by atoms with Crippen LogP contribution in [0.4, 0.5) is 8.78 Å². The van der Waals surface area contributed by atoms with E-state index in [0.29, 0.717) is 27.0 Å². The summed E-state index contributed by atoms with van der Waals surface area (Å²) in [6, 6.07) is 12.3. The number of likely N-dealkylation sites (tertiary alicyclic amines) is 1. The van der Waals surface area contributed by atoms with Crippen molar-refractivity contribution in [3.63, 3.8) is 0 Å². The third-order valence-corrected chi connectivity index (χ3v) is 9.74. The third-order valence-electron chi connectivity index (χ3n) is 7.14.